The SMILES string of the molecule is C=CCCCOC(=O)[C@H]1[C@H]2C(=O)N(CCCCCCO)C(C(=O)N(CC=C)C3CCCCC3)C23CC(Br)[C@@H]1O3. The number of amides is 2. The van der Waals surface area contributed by atoms with E-state index >= 15 is 0 Å². The minimum absolute atomic E-state index is 0.0895. The average molecular weight is 610 g/mol. The second kappa shape index (κ2) is 13.8. The number of nitrogens with zero attached hydrogens (tertiary/aromatic N) is 2. The Kier molecular flexibility index (Phi) is 10.7. The minimum Gasteiger partial charge on any atom is -0.465 e. The summed E-state index contributed by atoms with van der Waals surface area (Å²) in [6.07, 6.45) is 13.3. The van der Waals surface area contributed by atoms with Crippen molar-refractivity contribution < 1.29 is 29.0 Å². The van der Waals surface area contributed by atoms with Gasteiger partial charge in [-0.05, 0) is 44.9 Å². The smallest absolute Gasteiger partial charge is 0.312 e. The number of alkyl halides is 1. The van der Waals surface area contributed by atoms with Gasteiger partial charge in [0.25, 0.3) is 0 Å². The Morgan fingerprint density at radius 3 is 2.56 bits per heavy atom. The fraction of sp³-hybridized carbons (Fsp3) is 0.767. The highest BCUT2D eigenvalue weighted by Gasteiger charge is 2.77. The summed E-state index contributed by atoms with van der Waals surface area (Å²) in [5.74, 6) is -2.15. The van der Waals surface area contributed by atoms with Crippen LogP contribution in [0.1, 0.15) is 77.0 Å². The van der Waals surface area contributed by atoms with Crippen molar-refractivity contribution in [1.29, 1.82) is 0 Å². The first-order chi connectivity index (χ1) is 18.9. The molecule has 1 N–H and O–H groups in total. The summed E-state index contributed by atoms with van der Waals surface area (Å²) >= 11 is 3.73. The van der Waals surface area contributed by atoms with Gasteiger partial charge in [-0.15, -0.1) is 13.2 Å². The number of aliphatic hydroxyl groups excluding tert-OH is 1. The van der Waals surface area contributed by atoms with Gasteiger partial charge in [-0.3, -0.25) is 14.4 Å². The first-order valence-electron chi connectivity index (χ1n) is 14.8. The van der Waals surface area contributed by atoms with Gasteiger partial charge in [-0.25, -0.2) is 0 Å². The number of esters is 1. The number of allylic oxidation sites excluding steroid dienone is 1. The number of hydrogen-bond acceptors (Lipinski definition) is 6. The molecule has 3 unspecified atom stereocenters. The fourth-order valence-electron chi connectivity index (χ4n) is 7.27. The molecular formula is C30H45BrN2O6. The molecule has 8 nitrogen and oxygen atoms in total. The summed E-state index contributed by atoms with van der Waals surface area (Å²) in [6.45, 7) is 8.89. The normalized spacial score (nSPS) is 31.8. The van der Waals surface area contributed by atoms with E-state index in [0.717, 1.165) is 51.4 Å². The molecule has 2 bridgehead atoms. The largest absolute Gasteiger partial charge is 0.465 e. The molecule has 4 fully saturated rings. The lowest BCUT2D eigenvalue weighted by Crippen LogP contribution is -2.58. The highest BCUT2D eigenvalue weighted by atomic mass is 79.9. The van der Waals surface area contributed by atoms with Crippen LogP contribution in [0.25, 0.3) is 0 Å². The molecule has 0 aromatic rings. The van der Waals surface area contributed by atoms with Crippen molar-refractivity contribution in [2.45, 2.75) is 106 Å². The van der Waals surface area contributed by atoms with Gasteiger partial charge in [0.1, 0.15) is 11.6 Å². The molecule has 4 rings (SSSR count). The Balaban J connectivity index is 1.63. The zero-order valence-electron chi connectivity index (χ0n) is 23.1. The van der Waals surface area contributed by atoms with Crippen molar-refractivity contribution in [2.24, 2.45) is 11.8 Å². The van der Waals surface area contributed by atoms with E-state index in [-0.39, 0.29) is 35.9 Å². The van der Waals surface area contributed by atoms with E-state index in [2.05, 4.69) is 29.1 Å². The summed E-state index contributed by atoms with van der Waals surface area (Å²) < 4.78 is 12.2. The van der Waals surface area contributed by atoms with E-state index in [1.54, 1.807) is 17.1 Å². The van der Waals surface area contributed by atoms with Crippen molar-refractivity contribution >= 4 is 33.7 Å². The van der Waals surface area contributed by atoms with Gasteiger partial charge >= 0.3 is 5.97 Å². The van der Waals surface area contributed by atoms with Gasteiger partial charge < -0.3 is 24.4 Å². The van der Waals surface area contributed by atoms with Crippen LogP contribution in [-0.2, 0) is 23.9 Å². The Hall–Kier alpha value is -1.71. The Labute approximate surface area is 241 Å². The molecule has 6 atom stereocenters. The molecule has 39 heavy (non-hydrogen) atoms. The number of carbonyl (C=O) groups is 3. The number of unbranched alkanes of at least 4 members (excludes halogenated alkanes) is 4. The maximum absolute atomic E-state index is 14.5. The molecule has 0 aromatic heterocycles. The van der Waals surface area contributed by atoms with Gasteiger partial charge in [0, 0.05) is 30.6 Å². The van der Waals surface area contributed by atoms with Crippen LogP contribution in [-0.4, -0.2) is 87.6 Å². The molecule has 1 aliphatic carbocycles. The van der Waals surface area contributed by atoms with Crippen LogP contribution in [0.4, 0.5) is 0 Å². The molecule has 2 amide bonds. The number of rotatable bonds is 15. The zero-order valence-corrected chi connectivity index (χ0v) is 24.7. The van der Waals surface area contributed by atoms with Crippen LogP contribution in [0, 0.1) is 11.8 Å². The van der Waals surface area contributed by atoms with Crippen LogP contribution in [0.3, 0.4) is 0 Å². The van der Waals surface area contributed by atoms with E-state index in [1.807, 2.05) is 4.90 Å². The van der Waals surface area contributed by atoms with E-state index in [9.17, 15) is 14.4 Å². The van der Waals surface area contributed by atoms with Crippen LogP contribution in [0.2, 0.25) is 0 Å². The zero-order chi connectivity index (χ0) is 28.0. The van der Waals surface area contributed by atoms with Crippen LogP contribution in [0.15, 0.2) is 25.3 Å². The molecule has 218 valence electrons. The maximum atomic E-state index is 14.5. The third kappa shape index (κ3) is 6.01. The summed E-state index contributed by atoms with van der Waals surface area (Å²) in [5, 5.41) is 9.15. The van der Waals surface area contributed by atoms with Gasteiger partial charge in [0.15, 0.2) is 0 Å². The average Bonchev–Trinajstić information content (AvgIpc) is 3.53. The van der Waals surface area contributed by atoms with Crippen molar-refractivity contribution in [2.75, 3.05) is 26.3 Å². The molecule has 1 saturated carbocycles. The number of aliphatic hydroxyl groups is 1. The van der Waals surface area contributed by atoms with Crippen LogP contribution in [0.5, 0.6) is 0 Å². The van der Waals surface area contributed by atoms with E-state index < -0.39 is 35.6 Å². The topological polar surface area (TPSA) is 96.4 Å². The summed E-state index contributed by atoms with van der Waals surface area (Å²) in [4.78, 5) is 45.5. The van der Waals surface area contributed by atoms with Gasteiger partial charge in [-0.2, -0.15) is 0 Å². The third-order valence-electron chi connectivity index (χ3n) is 9.02. The maximum Gasteiger partial charge on any atom is 0.312 e. The minimum atomic E-state index is -1.06. The van der Waals surface area contributed by atoms with E-state index in [4.69, 9.17) is 14.6 Å². The molecule has 4 aliphatic rings. The Morgan fingerprint density at radius 1 is 1.13 bits per heavy atom. The molecule has 3 aliphatic heterocycles. The first kappa shape index (κ1) is 30.3. The number of carbonyl (C=O) groups excluding carboxylic acids is 3. The first-order valence-corrected chi connectivity index (χ1v) is 15.7. The summed E-state index contributed by atoms with van der Waals surface area (Å²) in [7, 11) is 0. The van der Waals surface area contributed by atoms with Gasteiger partial charge in [0.2, 0.25) is 11.8 Å². The quantitative estimate of drug-likeness (QED) is 0.130. The predicted octanol–water partition coefficient (Wildman–Crippen LogP) is 4.14. The molecule has 3 heterocycles. The fourth-order valence-corrected chi connectivity index (χ4v) is 8.21. The second-order valence-electron chi connectivity index (χ2n) is 11.5. The number of fused-ring (bicyclic) bond motifs is 1. The lowest BCUT2D eigenvalue weighted by atomic mass is 9.70. The van der Waals surface area contributed by atoms with Crippen molar-refractivity contribution in [1.82, 2.24) is 9.80 Å². The van der Waals surface area contributed by atoms with Crippen molar-refractivity contribution in [3.63, 3.8) is 0 Å². The number of likely N-dealkylation sites (tertiary alicyclic amines) is 1. The summed E-state index contributed by atoms with van der Waals surface area (Å²) in [5.41, 5.74) is -1.06. The van der Waals surface area contributed by atoms with Crippen molar-refractivity contribution in [3.8, 4) is 0 Å². The molecule has 3 saturated heterocycles. The van der Waals surface area contributed by atoms with Crippen LogP contribution >= 0.6 is 15.9 Å². The summed E-state index contributed by atoms with van der Waals surface area (Å²) in [6, 6.07) is -0.663. The number of halogens is 1. The lowest BCUT2D eigenvalue weighted by molar-refractivity contribution is -0.155. The Bertz CT molecular complexity index is 908. The highest BCUT2D eigenvalue weighted by molar-refractivity contribution is 9.09. The van der Waals surface area contributed by atoms with E-state index in [1.165, 1.54) is 6.42 Å². The molecule has 9 heteroatoms. The van der Waals surface area contributed by atoms with Gasteiger partial charge in [-0.1, -0.05) is 60.2 Å². The molecular weight excluding hydrogens is 564 g/mol. The second-order valence-corrected chi connectivity index (χ2v) is 12.7. The standard InChI is InChI=1S/C30H45BrN2O6/c1-3-5-13-19-38-29(37)23-24-27(35)33(17-11-6-7-12-18-34)26(30(24)20-22(31)25(23)39-30)28(36)32(16-4-2)21-14-9-8-10-15-21/h3-4,21-26,34H,1-2,5-20H2/t22?,23-,24-,25-,26?,30?/m0/s1. The van der Waals surface area contributed by atoms with E-state index in [0.29, 0.717) is 32.4 Å². The van der Waals surface area contributed by atoms with Crippen LogP contribution < -0.4 is 0 Å². The third-order valence-corrected chi connectivity index (χ3v) is 9.87. The predicted molar refractivity (Wildman–Crippen MR) is 152 cm³/mol. The number of hydrogen-bond donors (Lipinski definition) is 1. The number of ether oxygens (including phenoxy) is 2. The highest BCUT2D eigenvalue weighted by Crippen LogP contribution is 2.60. The monoisotopic (exact) mass is 608 g/mol. The molecule has 0 radical (unpaired) electrons. The van der Waals surface area contributed by atoms with Crippen molar-refractivity contribution in [3.05, 3.63) is 25.3 Å². The Morgan fingerprint density at radius 2 is 1.87 bits per heavy atom. The molecule has 0 aromatic carbocycles. The van der Waals surface area contributed by atoms with Gasteiger partial charge in [0.05, 0.1) is 24.5 Å². The molecule has 1 spiro atoms. The lowest BCUT2D eigenvalue weighted by Gasteiger charge is -2.41.